The van der Waals surface area contributed by atoms with Crippen molar-refractivity contribution in [2.45, 2.75) is 0 Å². The maximum absolute atomic E-state index is 5.94. The van der Waals surface area contributed by atoms with Crippen molar-refractivity contribution in [1.82, 2.24) is 9.97 Å². The second-order valence-electron chi connectivity index (χ2n) is 6.30. The van der Waals surface area contributed by atoms with E-state index < -0.39 is 0 Å². The van der Waals surface area contributed by atoms with E-state index in [2.05, 4.69) is 22.1 Å². The third kappa shape index (κ3) is 1.84. The summed E-state index contributed by atoms with van der Waals surface area (Å²) in [7, 11) is 0. The lowest BCUT2D eigenvalue weighted by atomic mass is 10.1. The third-order valence-corrected chi connectivity index (χ3v) is 4.75. The first kappa shape index (κ1) is 13.6. The van der Waals surface area contributed by atoms with Gasteiger partial charge in [-0.15, -0.1) is 0 Å². The highest BCUT2D eigenvalue weighted by atomic mass is 16.4. The van der Waals surface area contributed by atoms with Gasteiger partial charge in [0.15, 0.2) is 11.2 Å². The number of rotatable bonds is 1. The molecule has 0 atom stereocenters. The van der Waals surface area contributed by atoms with Crippen molar-refractivity contribution in [1.29, 1.82) is 0 Å². The van der Waals surface area contributed by atoms with E-state index in [9.17, 15) is 0 Å². The molecule has 0 bridgehead atoms. The molecule has 0 saturated heterocycles. The number of hydrogen-bond acceptors (Lipinski definition) is 4. The van der Waals surface area contributed by atoms with Crippen molar-refractivity contribution in [3.05, 3.63) is 72.8 Å². The highest BCUT2D eigenvalue weighted by Crippen LogP contribution is 2.32. The first-order valence-corrected chi connectivity index (χ1v) is 8.44. The lowest BCUT2D eigenvalue weighted by Crippen LogP contribution is -1.78. The predicted octanol–water partition coefficient (Wildman–Crippen LogP) is 5.94. The topological polar surface area (TPSA) is 52.1 Å². The molecule has 0 N–H and O–H groups in total. The third-order valence-electron chi connectivity index (χ3n) is 4.75. The van der Waals surface area contributed by atoms with E-state index in [1.807, 2.05) is 60.7 Å². The van der Waals surface area contributed by atoms with Crippen LogP contribution in [-0.2, 0) is 0 Å². The van der Waals surface area contributed by atoms with E-state index in [4.69, 9.17) is 8.83 Å². The lowest BCUT2D eigenvalue weighted by Gasteiger charge is -1.95. The van der Waals surface area contributed by atoms with Gasteiger partial charge in [0.2, 0.25) is 0 Å². The van der Waals surface area contributed by atoms with Gasteiger partial charge in [0, 0.05) is 10.8 Å². The molecule has 2 aromatic heterocycles. The van der Waals surface area contributed by atoms with Gasteiger partial charge in [-0.3, -0.25) is 0 Å². The predicted molar refractivity (Wildman–Crippen MR) is 102 cm³/mol. The van der Waals surface area contributed by atoms with E-state index in [1.54, 1.807) is 0 Å². The van der Waals surface area contributed by atoms with Crippen LogP contribution in [0.3, 0.4) is 0 Å². The Hall–Kier alpha value is -3.66. The van der Waals surface area contributed by atoms with Crippen molar-refractivity contribution in [2.75, 3.05) is 0 Å². The number of hydrogen-bond donors (Lipinski definition) is 0. The average Bonchev–Trinajstić information content (AvgIpc) is 3.32. The molecule has 0 aliphatic carbocycles. The molecule has 0 aliphatic heterocycles. The smallest absolute Gasteiger partial charge is 0.284 e. The second-order valence-corrected chi connectivity index (χ2v) is 6.30. The molecule has 0 saturated carbocycles. The van der Waals surface area contributed by atoms with Crippen molar-refractivity contribution in [3.8, 4) is 11.8 Å². The Bertz CT molecular complexity index is 1330. The zero-order valence-corrected chi connectivity index (χ0v) is 13.6. The molecule has 0 unspecified atom stereocenters. The molecule has 0 radical (unpaired) electrons. The van der Waals surface area contributed by atoms with Crippen LogP contribution in [0.4, 0.5) is 0 Å². The average molecular weight is 336 g/mol. The van der Waals surface area contributed by atoms with Gasteiger partial charge >= 0.3 is 0 Å². The standard InChI is InChI=1S/C22H12N2O2/c1-3-7-15-13(5-1)9-11-17-19(15)23-21(25-17)22-24-20-16-8-4-2-6-14(16)10-12-18(20)26-22/h1-12H. The molecule has 4 aromatic carbocycles. The van der Waals surface area contributed by atoms with E-state index in [1.165, 1.54) is 0 Å². The van der Waals surface area contributed by atoms with Crippen LogP contribution in [0.15, 0.2) is 81.6 Å². The minimum absolute atomic E-state index is 0.400. The molecule has 2 heterocycles. The SMILES string of the molecule is c1ccc2c(c1)ccc1oc(-c3nc4c(ccc5ccccc54)o3)nc12. The van der Waals surface area contributed by atoms with Crippen LogP contribution in [0.1, 0.15) is 0 Å². The van der Waals surface area contributed by atoms with Gasteiger partial charge < -0.3 is 8.83 Å². The van der Waals surface area contributed by atoms with Gasteiger partial charge in [-0.25, -0.2) is 9.97 Å². The summed E-state index contributed by atoms with van der Waals surface area (Å²) in [6, 6.07) is 24.2. The molecule has 4 nitrogen and oxygen atoms in total. The Morgan fingerprint density at radius 1 is 0.500 bits per heavy atom. The van der Waals surface area contributed by atoms with Crippen molar-refractivity contribution < 1.29 is 8.83 Å². The Balaban J connectivity index is 1.62. The first-order valence-electron chi connectivity index (χ1n) is 8.44. The molecule has 26 heavy (non-hydrogen) atoms. The van der Waals surface area contributed by atoms with E-state index in [0.717, 1.165) is 43.7 Å². The second kappa shape index (κ2) is 4.92. The largest absolute Gasteiger partial charge is 0.432 e. The van der Waals surface area contributed by atoms with Crippen LogP contribution in [0, 0.1) is 0 Å². The summed E-state index contributed by atoms with van der Waals surface area (Å²) in [5.74, 6) is 0.799. The Kier molecular flexibility index (Phi) is 2.58. The normalized spacial score (nSPS) is 11.8. The van der Waals surface area contributed by atoms with Crippen molar-refractivity contribution in [3.63, 3.8) is 0 Å². The summed E-state index contributed by atoms with van der Waals surface area (Å²) in [4.78, 5) is 9.33. The summed E-state index contributed by atoms with van der Waals surface area (Å²) in [6.07, 6.45) is 0. The molecule has 4 heteroatoms. The summed E-state index contributed by atoms with van der Waals surface area (Å²) in [6.45, 7) is 0. The highest BCUT2D eigenvalue weighted by molar-refractivity contribution is 6.05. The molecule has 6 aromatic rings. The highest BCUT2D eigenvalue weighted by Gasteiger charge is 2.17. The van der Waals surface area contributed by atoms with E-state index in [-0.39, 0.29) is 0 Å². The molecule has 6 rings (SSSR count). The molecular weight excluding hydrogens is 324 g/mol. The number of nitrogens with zero attached hydrogens (tertiary/aromatic N) is 2. The maximum atomic E-state index is 5.94. The molecule has 0 aliphatic rings. The van der Waals surface area contributed by atoms with Gasteiger partial charge in [-0.05, 0) is 22.9 Å². The fourth-order valence-electron chi connectivity index (χ4n) is 3.51. The maximum Gasteiger partial charge on any atom is 0.284 e. The minimum Gasteiger partial charge on any atom is -0.432 e. The molecular formula is C22H12N2O2. The Labute approximate surface area is 147 Å². The first-order chi connectivity index (χ1) is 12.9. The number of oxazole rings is 2. The number of fused-ring (bicyclic) bond motifs is 6. The summed E-state index contributed by atoms with van der Waals surface area (Å²) in [5, 5.41) is 4.37. The molecule has 0 amide bonds. The molecule has 122 valence electrons. The van der Waals surface area contributed by atoms with Gasteiger partial charge in [-0.2, -0.15) is 0 Å². The number of benzene rings is 4. The van der Waals surface area contributed by atoms with E-state index in [0.29, 0.717) is 11.8 Å². The van der Waals surface area contributed by atoms with Crippen molar-refractivity contribution >= 4 is 43.7 Å². The van der Waals surface area contributed by atoms with Crippen LogP contribution in [0.5, 0.6) is 0 Å². The van der Waals surface area contributed by atoms with Crippen LogP contribution in [0.2, 0.25) is 0 Å². The summed E-state index contributed by atoms with van der Waals surface area (Å²) >= 11 is 0. The van der Waals surface area contributed by atoms with E-state index >= 15 is 0 Å². The van der Waals surface area contributed by atoms with Crippen LogP contribution < -0.4 is 0 Å². The zero-order chi connectivity index (χ0) is 17.1. The fourth-order valence-corrected chi connectivity index (χ4v) is 3.51. The summed E-state index contributed by atoms with van der Waals surface area (Å²) in [5.41, 5.74) is 3.10. The lowest BCUT2D eigenvalue weighted by molar-refractivity contribution is 0.550. The van der Waals surface area contributed by atoms with Gasteiger partial charge in [-0.1, -0.05) is 60.7 Å². The van der Waals surface area contributed by atoms with Crippen molar-refractivity contribution in [2.24, 2.45) is 0 Å². The van der Waals surface area contributed by atoms with Crippen LogP contribution in [0.25, 0.3) is 55.5 Å². The minimum atomic E-state index is 0.400. The molecule has 0 fully saturated rings. The quantitative estimate of drug-likeness (QED) is 0.373. The van der Waals surface area contributed by atoms with Crippen LogP contribution in [-0.4, -0.2) is 9.97 Å². The monoisotopic (exact) mass is 336 g/mol. The zero-order valence-electron chi connectivity index (χ0n) is 13.6. The summed E-state index contributed by atoms with van der Waals surface area (Å²) < 4.78 is 11.9. The number of aromatic nitrogens is 2. The van der Waals surface area contributed by atoms with Gasteiger partial charge in [0.1, 0.15) is 11.0 Å². The molecule has 0 spiro atoms. The Morgan fingerprint density at radius 2 is 0.962 bits per heavy atom. The fraction of sp³-hybridized carbons (Fsp3) is 0. The van der Waals surface area contributed by atoms with Crippen LogP contribution >= 0.6 is 0 Å². The van der Waals surface area contributed by atoms with Gasteiger partial charge in [0.25, 0.3) is 11.8 Å². The Morgan fingerprint density at radius 3 is 1.46 bits per heavy atom. The van der Waals surface area contributed by atoms with Gasteiger partial charge in [0.05, 0.1) is 0 Å².